The normalized spacial score (nSPS) is 14.1. The molecule has 2 atom stereocenters. The topological polar surface area (TPSA) is 37.3 Å². The fraction of sp³-hybridized carbons (Fsp3) is 0.308. The molecule has 0 bridgehead atoms. The zero-order valence-electron chi connectivity index (χ0n) is 9.19. The van der Waals surface area contributed by atoms with Crippen LogP contribution in [0.2, 0.25) is 0 Å². The molecule has 1 rings (SSSR count). The Hall–Kier alpha value is -1.09. The molecule has 16 heavy (non-hydrogen) atoms. The van der Waals surface area contributed by atoms with Gasteiger partial charge in [0.15, 0.2) is 0 Å². The SMILES string of the molecule is C=CC(C)C(Cc1ccc(Br)cc1)C(=O)O. The molecule has 0 aliphatic heterocycles. The van der Waals surface area contributed by atoms with Gasteiger partial charge in [-0.15, -0.1) is 6.58 Å². The van der Waals surface area contributed by atoms with E-state index in [0.717, 1.165) is 10.0 Å². The van der Waals surface area contributed by atoms with E-state index >= 15 is 0 Å². The first-order valence-corrected chi connectivity index (χ1v) is 5.93. The van der Waals surface area contributed by atoms with Crippen molar-refractivity contribution >= 4 is 21.9 Å². The van der Waals surface area contributed by atoms with Crippen LogP contribution in [0.3, 0.4) is 0 Å². The van der Waals surface area contributed by atoms with Crippen LogP contribution in [0.15, 0.2) is 41.4 Å². The van der Waals surface area contributed by atoms with Crippen LogP contribution in [0, 0.1) is 11.8 Å². The highest BCUT2D eigenvalue weighted by atomic mass is 79.9. The summed E-state index contributed by atoms with van der Waals surface area (Å²) in [5, 5.41) is 9.13. The smallest absolute Gasteiger partial charge is 0.307 e. The standard InChI is InChI=1S/C13H15BrO2/c1-3-9(2)12(13(15)16)8-10-4-6-11(14)7-5-10/h3-7,9,12H,1,8H2,2H3,(H,15,16). The third-order valence-corrected chi connectivity index (χ3v) is 3.22. The van der Waals surface area contributed by atoms with Crippen molar-refractivity contribution < 1.29 is 9.90 Å². The Kier molecular flexibility index (Phi) is 4.74. The van der Waals surface area contributed by atoms with Gasteiger partial charge in [-0.05, 0) is 30.0 Å². The zero-order chi connectivity index (χ0) is 12.1. The molecule has 0 heterocycles. The number of halogens is 1. The molecule has 1 aromatic rings. The van der Waals surface area contributed by atoms with Crippen LogP contribution in [-0.4, -0.2) is 11.1 Å². The largest absolute Gasteiger partial charge is 0.481 e. The third kappa shape index (κ3) is 3.49. The summed E-state index contributed by atoms with van der Waals surface area (Å²) in [4.78, 5) is 11.1. The molecule has 2 unspecified atom stereocenters. The fourth-order valence-corrected chi connectivity index (χ4v) is 1.80. The maximum absolute atomic E-state index is 11.1. The van der Waals surface area contributed by atoms with Crippen molar-refractivity contribution in [3.63, 3.8) is 0 Å². The van der Waals surface area contributed by atoms with Crippen LogP contribution in [0.25, 0.3) is 0 Å². The van der Waals surface area contributed by atoms with E-state index in [0.29, 0.717) is 6.42 Å². The van der Waals surface area contributed by atoms with Gasteiger partial charge in [0.25, 0.3) is 0 Å². The summed E-state index contributed by atoms with van der Waals surface area (Å²) >= 11 is 3.35. The van der Waals surface area contributed by atoms with Gasteiger partial charge < -0.3 is 5.11 Å². The van der Waals surface area contributed by atoms with Crippen LogP contribution >= 0.6 is 15.9 Å². The van der Waals surface area contributed by atoms with Crippen molar-refractivity contribution in [3.8, 4) is 0 Å². The van der Waals surface area contributed by atoms with Crippen molar-refractivity contribution in [2.75, 3.05) is 0 Å². The highest BCUT2D eigenvalue weighted by Crippen LogP contribution is 2.20. The van der Waals surface area contributed by atoms with Gasteiger partial charge >= 0.3 is 5.97 Å². The minimum absolute atomic E-state index is 0.0267. The van der Waals surface area contributed by atoms with Crippen LogP contribution in [0.4, 0.5) is 0 Å². The summed E-state index contributed by atoms with van der Waals surface area (Å²) in [6, 6.07) is 7.73. The summed E-state index contributed by atoms with van der Waals surface area (Å²) in [6.45, 7) is 5.53. The lowest BCUT2D eigenvalue weighted by Gasteiger charge is -2.16. The summed E-state index contributed by atoms with van der Waals surface area (Å²) in [5.74, 6) is -1.20. The van der Waals surface area contributed by atoms with Gasteiger partial charge in [0, 0.05) is 4.47 Å². The third-order valence-electron chi connectivity index (χ3n) is 2.69. The molecule has 0 saturated carbocycles. The molecule has 0 aromatic heterocycles. The highest BCUT2D eigenvalue weighted by molar-refractivity contribution is 9.10. The fourth-order valence-electron chi connectivity index (χ4n) is 1.54. The Balaban J connectivity index is 2.79. The second kappa shape index (κ2) is 5.85. The molecular formula is C13H15BrO2. The number of carboxylic acid groups (broad SMARTS) is 1. The predicted molar refractivity (Wildman–Crippen MR) is 68.3 cm³/mol. The van der Waals surface area contributed by atoms with Crippen LogP contribution in [0.5, 0.6) is 0 Å². The number of aliphatic carboxylic acids is 1. The van der Waals surface area contributed by atoms with Crippen molar-refractivity contribution in [2.45, 2.75) is 13.3 Å². The predicted octanol–water partition coefficient (Wildman–Crippen LogP) is 3.51. The lowest BCUT2D eigenvalue weighted by molar-refractivity contribution is -0.142. The number of rotatable bonds is 5. The molecule has 2 nitrogen and oxygen atoms in total. The molecule has 0 amide bonds. The first-order chi connectivity index (χ1) is 7.54. The van der Waals surface area contributed by atoms with Gasteiger partial charge in [0.1, 0.15) is 0 Å². The van der Waals surface area contributed by atoms with Gasteiger partial charge in [-0.25, -0.2) is 0 Å². The monoisotopic (exact) mass is 282 g/mol. The van der Waals surface area contributed by atoms with E-state index in [4.69, 9.17) is 5.11 Å². The molecule has 0 radical (unpaired) electrons. The zero-order valence-corrected chi connectivity index (χ0v) is 10.8. The number of hydrogen-bond donors (Lipinski definition) is 1. The number of carbonyl (C=O) groups is 1. The first-order valence-electron chi connectivity index (χ1n) is 5.14. The minimum Gasteiger partial charge on any atom is -0.481 e. The van der Waals surface area contributed by atoms with Gasteiger partial charge in [-0.1, -0.05) is 41.1 Å². The average molecular weight is 283 g/mol. The summed E-state index contributed by atoms with van der Waals surface area (Å²) in [5.41, 5.74) is 1.03. The highest BCUT2D eigenvalue weighted by Gasteiger charge is 2.22. The van der Waals surface area contributed by atoms with Gasteiger partial charge in [0.2, 0.25) is 0 Å². The number of hydrogen-bond acceptors (Lipinski definition) is 1. The number of carboxylic acids is 1. The van der Waals surface area contributed by atoms with Crippen molar-refractivity contribution in [3.05, 3.63) is 47.0 Å². The summed E-state index contributed by atoms with van der Waals surface area (Å²) < 4.78 is 1.000. The molecule has 1 N–H and O–H groups in total. The average Bonchev–Trinajstić information content (AvgIpc) is 2.27. The van der Waals surface area contributed by atoms with Crippen LogP contribution < -0.4 is 0 Å². The van der Waals surface area contributed by atoms with E-state index in [1.165, 1.54) is 0 Å². The van der Waals surface area contributed by atoms with Crippen LogP contribution in [0.1, 0.15) is 12.5 Å². The molecule has 0 saturated heterocycles. The Bertz CT molecular complexity index is 370. The summed E-state index contributed by atoms with van der Waals surface area (Å²) in [6.07, 6.45) is 2.23. The van der Waals surface area contributed by atoms with E-state index in [2.05, 4.69) is 22.5 Å². The molecule has 0 fully saturated rings. The van der Waals surface area contributed by atoms with E-state index in [-0.39, 0.29) is 5.92 Å². The molecule has 3 heteroatoms. The number of benzene rings is 1. The quantitative estimate of drug-likeness (QED) is 0.839. The molecule has 0 aliphatic rings. The van der Waals surface area contributed by atoms with Gasteiger partial charge in [0.05, 0.1) is 5.92 Å². The Morgan fingerprint density at radius 3 is 2.50 bits per heavy atom. The lowest BCUT2D eigenvalue weighted by atomic mass is 9.88. The molecule has 0 spiro atoms. The maximum Gasteiger partial charge on any atom is 0.307 e. The van der Waals surface area contributed by atoms with Gasteiger partial charge in [-0.2, -0.15) is 0 Å². The van der Waals surface area contributed by atoms with Crippen LogP contribution in [-0.2, 0) is 11.2 Å². The molecule has 86 valence electrons. The summed E-state index contributed by atoms with van der Waals surface area (Å²) in [7, 11) is 0. The van der Waals surface area contributed by atoms with Crippen molar-refractivity contribution in [2.24, 2.45) is 11.8 Å². The molecule has 0 aliphatic carbocycles. The minimum atomic E-state index is -0.768. The number of allylic oxidation sites excluding steroid dienone is 1. The maximum atomic E-state index is 11.1. The first kappa shape index (κ1) is 13.0. The molecular weight excluding hydrogens is 268 g/mol. The van der Waals surface area contributed by atoms with E-state index < -0.39 is 11.9 Å². The van der Waals surface area contributed by atoms with Crippen molar-refractivity contribution in [1.82, 2.24) is 0 Å². The van der Waals surface area contributed by atoms with Gasteiger partial charge in [-0.3, -0.25) is 4.79 Å². The second-order valence-electron chi connectivity index (χ2n) is 3.87. The molecule has 1 aromatic carbocycles. The van der Waals surface area contributed by atoms with E-state index in [9.17, 15) is 4.79 Å². The van der Waals surface area contributed by atoms with E-state index in [1.807, 2.05) is 31.2 Å². The second-order valence-corrected chi connectivity index (χ2v) is 4.79. The Morgan fingerprint density at radius 1 is 1.50 bits per heavy atom. The lowest BCUT2D eigenvalue weighted by Crippen LogP contribution is -2.22. The Morgan fingerprint density at radius 2 is 2.06 bits per heavy atom. The van der Waals surface area contributed by atoms with Crippen molar-refractivity contribution in [1.29, 1.82) is 0 Å². The van der Waals surface area contributed by atoms with E-state index in [1.54, 1.807) is 6.08 Å². The Labute approximate surface area is 104 Å².